The zero-order valence-electron chi connectivity index (χ0n) is 17.9. The number of allylic oxidation sites excluding steroid dienone is 1. The third-order valence-electron chi connectivity index (χ3n) is 4.53. The molecule has 0 bridgehead atoms. The molecule has 3 amide bonds. The van der Waals surface area contributed by atoms with E-state index < -0.39 is 29.2 Å². The number of fused-ring (bicyclic) bond motifs is 1. The molecule has 1 fully saturated rings. The number of amides is 3. The molecule has 3 N–H and O–H groups in total. The van der Waals surface area contributed by atoms with Crippen LogP contribution in [-0.4, -0.2) is 74.4 Å². The van der Waals surface area contributed by atoms with Crippen LogP contribution >= 0.6 is 34.9 Å². The molecular formula is C20H18N6O6S3. The Morgan fingerprint density at radius 1 is 1.51 bits per heavy atom. The van der Waals surface area contributed by atoms with Gasteiger partial charge in [-0.25, -0.2) is 9.78 Å². The van der Waals surface area contributed by atoms with E-state index in [2.05, 4.69) is 27.4 Å². The van der Waals surface area contributed by atoms with Gasteiger partial charge >= 0.3 is 5.97 Å². The van der Waals surface area contributed by atoms with Gasteiger partial charge in [0.05, 0.1) is 6.07 Å². The highest BCUT2D eigenvalue weighted by Gasteiger charge is 2.54. The van der Waals surface area contributed by atoms with Crippen LogP contribution in [0.25, 0.3) is 0 Å². The molecule has 0 radical (unpaired) electrons. The zero-order valence-corrected chi connectivity index (χ0v) is 20.3. The maximum atomic E-state index is 13.0. The number of aliphatic carboxylic acids is 1. The fourth-order valence-electron chi connectivity index (χ4n) is 3.09. The summed E-state index contributed by atoms with van der Waals surface area (Å²) in [4.78, 5) is 58.7. The van der Waals surface area contributed by atoms with Crippen molar-refractivity contribution in [2.24, 2.45) is 5.16 Å². The number of thiazole rings is 1. The summed E-state index contributed by atoms with van der Waals surface area (Å²) in [7, 11) is 0. The number of anilines is 1. The largest absolute Gasteiger partial charge is 0.477 e. The van der Waals surface area contributed by atoms with E-state index in [-0.39, 0.29) is 28.8 Å². The number of carboxylic acids is 1. The molecule has 2 aliphatic heterocycles. The van der Waals surface area contributed by atoms with Crippen molar-refractivity contribution in [2.45, 2.75) is 11.4 Å². The molecule has 0 aliphatic carbocycles. The van der Waals surface area contributed by atoms with E-state index in [4.69, 9.17) is 10.1 Å². The minimum absolute atomic E-state index is 0.0199. The first-order valence-corrected chi connectivity index (χ1v) is 12.7. The topological polar surface area (TPSA) is 174 Å². The Labute approximate surface area is 211 Å². The van der Waals surface area contributed by atoms with Crippen LogP contribution < -0.4 is 10.6 Å². The Morgan fingerprint density at radius 3 is 3.00 bits per heavy atom. The first-order chi connectivity index (χ1) is 16.9. The molecule has 15 heteroatoms. The van der Waals surface area contributed by atoms with Crippen molar-refractivity contribution >= 4 is 69.9 Å². The Balaban J connectivity index is 1.77. The van der Waals surface area contributed by atoms with Crippen LogP contribution in [0.5, 0.6) is 0 Å². The molecule has 3 heterocycles. The number of carbonyl (C=O) groups is 4. The first-order valence-electron chi connectivity index (χ1n) is 9.76. The second kappa shape index (κ2) is 12.2. The second-order valence-electron chi connectivity index (χ2n) is 6.69. The first kappa shape index (κ1) is 26.0. The highest BCUT2D eigenvalue weighted by atomic mass is 32.2. The van der Waals surface area contributed by atoms with Crippen LogP contribution in [0.4, 0.5) is 5.13 Å². The van der Waals surface area contributed by atoms with Crippen LogP contribution in [0, 0.1) is 11.3 Å². The van der Waals surface area contributed by atoms with E-state index in [0.717, 1.165) is 16.2 Å². The van der Waals surface area contributed by atoms with E-state index in [0.29, 0.717) is 23.5 Å². The SMILES string of the molecule is C=CCO/N=C(\C(=O)NC1C(=O)N2C(C(=O)O)=C(CS/C=C\C#N)CS[C@H]12)c1csc(NC=O)n1. The summed E-state index contributed by atoms with van der Waals surface area (Å²) in [6.07, 6.45) is 3.15. The Bertz CT molecular complexity index is 1170. The van der Waals surface area contributed by atoms with Gasteiger partial charge in [-0.1, -0.05) is 17.8 Å². The quantitative estimate of drug-likeness (QED) is 0.0670. The summed E-state index contributed by atoms with van der Waals surface area (Å²) in [6.45, 7) is 3.52. The van der Waals surface area contributed by atoms with Crippen molar-refractivity contribution in [3.05, 3.63) is 46.5 Å². The van der Waals surface area contributed by atoms with Gasteiger partial charge in [-0.15, -0.1) is 34.9 Å². The van der Waals surface area contributed by atoms with Crippen LogP contribution in [0.3, 0.4) is 0 Å². The number of carbonyl (C=O) groups excluding carboxylic acids is 3. The fourth-order valence-corrected chi connectivity index (χ4v) is 5.91. The molecule has 3 rings (SSSR count). The number of oxime groups is 1. The predicted molar refractivity (Wildman–Crippen MR) is 131 cm³/mol. The number of nitrogens with one attached hydrogen (secondary N) is 2. The average Bonchev–Trinajstić information content (AvgIpc) is 3.30. The Kier molecular flexibility index (Phi) is 9.06. The third kappa shape index (κ3) is 5.91. The number of thioether (sulfide) groups is 2. The highest BCUT2D eigenvalue weighted by molar-refractivity contribution is 8.02. The number of hydrogen-bond acceptors (Lipinski definition) is 11. The monoisotopic (exact) mass is 534 g/mol. The fraction of sp³-hybridized carbons (Fsp3) is 0.250. The molecule has 0 saturated carbocycles. The lowest BCUT2D eigenvalue weighted by Crippen LogP contribution is -2.71. The van der Waals surface area contributed by atoms with Gasteiger partial charge in [-0.3, -0.25) is 19.3 Å². The predicted octanol–water partition coefficient (Wildman–Crippen LogP) is 1.13. The molecule has 1 aromatic rings. The minimum atomic E-state index is -1.24. The number of carboxylic acid groups (broad SMARTS) is 1. The normalized spacial score (nSPS) is 19.5. The molecule has 0 aromatic carbocycles. The molecule has 35 heavy (non-hydrogen) atoms. The van der Waals surface area contributed by atoms with Crippen molar-refractivity contribution in [2.75, 3.05) is 23.4 Å². The molecule has 1 aromatic heterocycles. The van der Waals surface area contributed by atoms with E-state index in [1.54, 1.807) is 5.41 Å². The van der Waals surface area contributed by atoms with Gasteiger partial charge in [0.2, 0.25) is 6.41 Å². The van der Waals surface area contributed by atoms with E-state index >= 15 is 0 Å². The zero-order chi connectivity index (χ0) is 25.4. The lowest BCUT2D eigenvalue weighted by atomic mass is 10.0. The smallest absolute Gasteiger partial charge is 0.352 e. The minimum Gasteiger partial charge on any atom is -0.477 e. The van der Waals surface area contributed by atoms with Gasteiger partial charge in [-0.2, -0.15) is 5.26 Å². The Hall–Kier alpha value is -3.61. The number of nitrogens with zero attached hydrogens (tertiary/aromatic N) is 4. The van der Waals surface area contributed by atoms with E-state index in [9.17, 15) is 24.3 Å². The van der Waals surface area contributed by atoms with Gasteiger partial charge in [0.15, 0.2) is 10.8 Å². The van der Waals surface area contributed by atoms with Crippen LogP contribution in [-0.2, 0) is 24.0 Å². The molecule has 2 atom stereocenters. The Morgan fingerprint density at radius 2 is 2.31 bits per heavy atom. The molecule has 1 unspecified atom stereocenters. The standard InChI is InChI=1S/C20H18N6O6S3/c1-2-5-32-25-13(12-9-35-20(23-12)22-10-27)16(28)24-14-17(29)26-15(19(30)31)11(8-34-18(14)26)7-33-6-3-4-21/h2-3,6,9-10,14,18H,1,5,7-8H2,(H,24,28)(H,30,31)(H,22,23,27)/b6-3-,25-13-/t14?,18-/m1/s1. The number of hydrogen-bond donors (Lipinski definition) is 3. The molecule has 1 saturated heterocycles. The van der Waals surface area contributed by atoms with Crippen molar-refractivity contribution in [3.8, 4) is 6.07 Å². The van der Waals surface area contributed by atoms with Gasteiger partial charge in [0, 0.05) is 23.0 Å². The van der Waals surface area contributed by atoms with Gasteiger partial charge in [0.1, 0.15) is 29.4 Å². The molecule has 2 aliphatic rings. The van der Waals surface area contributed by atoms with Gasteiger partial charge < -0.3 is 20.6 Å². The molecule has 12 nitrogen and oxygen atoms in total. The molecular weight excluding hydrogens is 516 g/mol. The summed E-state index contributed by atoms with van der Waals surface area (Å²) < 4.78 is 0. The van der Waals surface area contributed by atoms with E-state index in [1.807, 2.05) is 6.07 Å². The van der Waals surface area contributed by atoms with Crippen molar-refractivity contribution in [3.63, 3.8) is 0 Å². The van der Waals surface area contributed by atoms with Crippen LogP contribution in [0.15, 0.2) is 45.9 Å². The number of β-lactam (4-membered cyclic amide) rings is 1. The maximum Gasteiger partial charge on any atom is 0.352 e. The highest BCUT2D eigenvalue weighted by Crippen LogP contribution is 2.41. The second-order valence-corrected chi connectivity index (χ2v) is 9.54. The average molecular weight is 535 g/mol. The summed E-state index contributed by atoms with van der Waals surface area (Å²) in [5.74, 6) is -1.92. The number of nitriles is 1. The van der Waals surface area contributed by atoms with Crippen molar-refractivity contribution in [1.29, 1.82) is 5.26 Å². The molecule has 0 spiro atoms. The van der Waals surface area contributed by atoms with Gasteiger partial charge in [-0.05, 0) is 11.0 Å². The number of aromatic nitrogens is 1. The summed E-state index contributed by atoms with van der Waals surface area (Å²) in [5, 5.41) is 29.7. The van der Waals surface area contributed by atoms with E-state index in [1.165, 1.54) is 41.1 Å². The molecule has 182 valence electrons. The van der Waals surface area contributed by atoms with Gasteiger partial charge in [0.25, 0.3) is 11.8 Å². The summed E-state index contributed by atoms with van der Waals surface area (Å²) in [5.41, 5.74) is 0.331. The van der Waals surface area contributed by atoms with Crippen molar-refractivity contribution in [1.82, 2.24) is 15.2 Å². The summed E-state index contributed by atoms with van der Waals surface area (Å²) >= 11 is 3.63. The number of rotatable bonds is 12. The lowest BCUT2D eigenvalue weighted by molar-refractivity contribution is -0.150. The van der Waals surface area contributed by atoms with Crippen LogP contribution in [0.1, 0.15) is 5.69 Å². The van der Waals surface area contributed by atoms with Crippen LogP contribution in [0.2, 0.25) is 0 Å². The van der Waals surface area contributed by atoms with Crippen molar-refractivity contribution < 1.29 is 29.1 Å². The maximum absolute atomic E-state index is 13.0. The summed E-state index contributed by atoms with van der Waals surface area (Å²) in [6, 6.07) is 0.871. The third-order valence-corrected chi connectivity index (χ3v) is 7.48. The lowest BCUT2D eigenvalue weighted by Gasteiger charge is -2.49.